The SMILES string of the molecule is COc1ccc2c(c1)c(CC(=O)OCCOC(=O)c1cc(Br)c(N)c(CN3CCOCC3)c1)c(C)n2C(=O)c1ccc(Cl)cc1. The van der Waals surface area contributed by atoms with Crippen LogP contribution in [0.4, 0.5) is 5.69 Å². The number of rotatable bonds is 10. The molecule has 0 atom stereocenters. The Morgan fingerprint density at radius 1 is 0.978 bits per heavy atom. The zero-order valence-electron chi connectivity index (χ0n) is 24.9. The standard InChI is InChI=1S/C33H33BrClN3O7/c1-20-26(27-17-25(42-2)7-8-29(27)38(20)32(40)21-3-5-24(35)6-4-21)18-30(39)44-13-14-45-33(41)22-15-23(31(36)28(34)16-22)19-37-9-11-43-12-10-37/h3-8,15-17H,9-14,18-19,36H2,1-2H3. The summed E-state index contributed by atoms with van der Waals surface area (Å²) in [6, 6.07) is 15.3. The molecule has 0 amide bonds. The average Bonchev–Trinajstić information content (AvgIpc) is 3.31. The maximum absolute atomic E-state index is 13.5. The Balaban J connectivity index is 1.23. The van der Waals surface area contributed by atoms with Gasteiger partial charge in [-0.15, -0.1) is 0 Å². The number of methoxy groups -OCH3 is 1. The van der Waals surface area contributed by atoms with Gasteiger partial charge >= 0.3 is 11.9 Å². The second kappa shape index (κ2) is 14.5. The van der Waals surface area contributed by atoms with Gasteiger partial charge in [0, 0.05) is 45.8 Å². The van der Waals surface area contributed by atoms with Crippen molar-refractivity contribution in [1.29, 1.82) is 0 Å². The van der Waals surface area contributed by atoms with E-state index in [1.165, 1.54) is 0 Å². The maximum Gasteiger partial charge on any atom is 0.338 e. The highest BCUT2D eigenvalue weighted by Crippen LogP contribution is 2.31. The van der Waals surface area contributed by atoms with Gasteiger partial charge in [0.15, 0.2) is 0 Å². The van der Waals surface area contributed by atoms with Gasteiger partial charge in [-0.25, -0.2) is 4.79 Å². The van der Waals surface area contributed by atoms with Gasteiger partial charge in [-0.2, -0.15) is 0 Å². The molecule has 0 bridgehead atoms. The summed E-state index contributed by atoms with van der Waals surface area (Å²) in [7, 11) is 1.55. The molecule has 1 saturated heterocycles. The van der Waals surface area contributed by atoms with E-state index in [0.29, 0.717) is 74.0 Å². The summed E-state index contributed by atoms with van der Waals surface area (Å²) < 4.78 is 23.8. The fraction of sp³-hybridized carbons (Fsp3) is 0.303. The zero-order valence-corrected chi connectivity index (χ0v) is 27.3. The van der Waals surface area contributed by atoms with Gasteiger partial charge < -0.3 is 24.7 Å². The minimum Gasteiger partial charge on any atom is -0.497 e. The number of nitrogen functional groups attached to an aromatic ring is 1. The largest absolute Gasteiger partial charge is 0.497 e. The van der Waals surface area contributed by atoms with E-state index in [1.807, 2.05) is 0 Å². The molecule has 2 N–H and O–H groups in total. The third-order valence-corrected chi connectivity index (χ3v) is 8.59. The van der Waals surface area contributed by atoms with E-state index in [4.69, 9.17) is 36.3 Å². The molecule has 0 aliphatic carbocycles. The number of aromatic nitrogens is 1. The first-order chi connectivity index (χ1) is 21.7. The number of halogens is 2. The van der Waals surface area contributed by atoms with Crippen molar-refractivity contribution in [2.75, 3.05) is 52.4 Å². The summed E-state index contributed by atoms with van der Waals surface area (Å²) in [6.07, 6.45) is -0.0971. The summed E-state index contributed by atoms with van der Waals surface area (Å²) in [6.45, 7) is 4.97. The van der Waals surface area contributed by atoms with E-state index >= 15 is 0 Å². The number of nitrogens with two attached hydrogens (primary N) is 1. The Morgan fingerprint density at radius 2 is 1.69 bits per heavy atom. The number of carbonyl (C=O) groups is 3. The lowest BCUT2D eigenvalue weighted by atomic mass is 10.1. The maximum atomic E-state index is 13.5. The first kappa shape index (κ1) is 32.5. The van der Waals surface area contributed by atoms with E-state index in [0.717, 1.165) is 18.7 Å². The monoisotopic (exact) mass is 697 g/mol. The highest BCUT2D eigenvalue weighted by Gasteiger charge is 2.23. The lowest BCUT2D eigenvalue weighted by molar-refractivity contribution is -0.143. The molecule has 1 aromatic heterocycles. The Bertz CT molecular complexity index is 1730. The minimum absolute atomic E-state index is 0.0971. The van der Waals surface area contributed by atoms with Crippen molar-refractivity contribution < 1.29 is 33.3 Å². The van der Waals surface area contributed by atoms with Crippen LogP contribution in [0.3, 0.4) is 0 Å². The van der Waals surface area contributed by atoms with Crippen molar-refractivity contribution in [2.24, 2.45) is 0 Å². The van der Waals surface area contributed by atoms with Crippen LogP contribution >= 0.6 is 27.5 Å². The van der Waals surface area contributed by atoms with Crippen molar-refractivity contribution in [3.05, 3.63) is 92.0 Å². The summed E-state index contributed by atoms with van der Waals surface area (Å²) in [5.74, 6) is -0.754. The predicted octanol–water partition coefficient (Wildman–Crippen LogP) is 5.42. The van der Waals surface area contributed by atoms with Gasteiger partial charge in [-0.3, -0.25) is 19.1 Å². The highest BCUT2D eigenvalue weighted by molar-refractivity contribution is 9.10. The van der Waals surface area contributed by atoms with Crippen molar-refractivity contribution in [3.8, 4) is 5.75 Å². The van der Waals surface area contributed by atoms with Gasteiger partial charge in [-0.05, 0) is 88.6 Å². The molecule has 10 nitrogen and oxygen atoms in total. The van der Waals surface area contributed by atoms with E-state index in [9.17, 15) is 14.4 Å². The topological polar surface area (TPSA) is 122 Å². The number of benzene rings is 3. The quantitative estimate of drug-likeness (QED) is 0.131. The lowest BCUT2D eigenvalue weighted by Crippen LogP contribution is -2.35. The zero-order chi connectivity index (χ0) is 32.1. The molecule has 1 aliphatic heterocycles. The van der Waals surface area contributed by atoms with Gasteiger partial charge in [0.1, 0.15) is 19.0 Å². The van der Waals surface area contributed by atoms with Crippen LogP contribution in [0.1, 0.15) is 37.5 Å². The van der Waals surface area contributed by atoms with Crippen molar-refractivity contribution in [1.82, 2.24) is 9.47 Å². The number of hydrogen-bond acceptors (Lipinski definition) is 9. The van der Waals surface area contributed by atoms with Crippen molar-refractivity contribution in [3.63, 3.8) is 0 Å². The molecule has 1 aliphatic rings. The van der Waals surface area contributed by atoms with E-state index < -0.39 is 11.9 Å². The third kappa shape index (κ3) is 7.50. The van der Waals surface area contributed by atoms with Gasteiger partial charge in [-0.1, -0.05) is 11.6 Å². The minimum atomic E-state index is -0.554. The van der Waals surface area contributed by atoms with Crippen LogP contribution < -0.4 is 10.5 Å². The molecule has 45 heavy (non-hydrogen) atoms. The highest BCUT2D eigenvalue weighted by atomic mass is 79.9. The number of carbonyl (C=O) groups excluding carboxylic acids is 3. The predicted molar refractivity (Wildman–Crippen MR) is 174 cm³/mol. The van der Waals surface area contributed by atoms with Crippen molar-refractivity contribution >= 4 is 62.0 Å². The number of morpholine rings is 1. The fourth-order valence-electron chi connectivity index (χ4n) is 5.29. The smallest absolute Gasteiger partial charge is 0.338 e. The first-order valence-corrected chi connectivity index (χ1v) is 15.5. The van der Waals surface area contributed by atoms with Crippen LogP contribution in [0, 0.1) is 6.92 Å². The molecule has 2 heterocycles. The summed E-state index contributed by atoms with van der Waals surface area (Å²) in [4.78, 5) is 41.5. The summed E-state index contributed by atoms with van der Waals surface area (Å²) >= 11 is 9.45. The molecule has 0 radical (unpaired) electrons. The molecule has 1 fully saturated rings. The van der Waals surface area contributed by atoms with Crippen LogP contribution in [-0.4, -0.2) is 73.9 Å². The second-order valence-electron chi connectivity index (χ2n) is 10.5. The Labute approximate surface area is 274 Å². The van der Waals surface area contributed by atoms with Crippen LogP contribution in [0.5, 0.6) is 5.75 Å². The van der Waals surface area contributed by atoms with Crippen LogP contribution in [0.15, 0.2) is 59.1 Å². The molecule has 5 rings (SSSR count). The lowest BCUT2D eigenvalue weighted by Gasteiger charge is -2.27. The molecular formula is C33H33BrClN3O7. The third-order valence-electron chi connectivity index (χ3n) is 7.69. The average molecular weight is 699 g/mol. The number of nitrogens with zero attached hydrogens (tertiary/aromatic N) is 2. The Hall–Kier alpha value is -3.90. The number of fused-ring (bicyclic) bond motifs is 1. The van der Waals surface area contributed by atoms with Gasteiger partial charge in [0.25, 0.3) is 5.91 Å². The number of hydrogen-bond donors (Lipinski definition) is 1. The number of esters is 2. The van der Waals surface area contributed by atoms with Gasteiger partial charge in [0.2, 0.25) is 0 Å². The van der Waals surface area contributed by atoms with Crippen LogP contribution in [-0.2, 0) is 32.0 Å². The molecule has 236 valence electrons. The van der Waals surface area contributed by atoms with E-state index in [2.05, 4.69) is 20.8 Å². The fourth-order valence-corrected chi connectivity index (χ4v) is 5.92. The first-order valence-electron chi connectivity index (χ1n) is 14.3. The van der Waals surface area contributed by atoms with Crippen molar-refractivity contribution in [2.45, 2.75) is 19.9 Å². The molecule has 4 aromatic rings. The molecular weight excluding hydrogens is 666 g/mol. The summed E-state index contributed by atoms with van der Waals surface area (Å²) in [5.41, 5.74) is 10.3. The molecule has 0 unspecified atom stereocenters. The molecule has 12 heteroatoms. The summed E-state index contributed by atoms with van der Waals surface area (Å²) in [5, 5.41) is 1.22. The number of anilines is 1. The molecule has 0 spiro atoms. The van der Waals surface area contributed by atoms with Crippen LogP contribution in [0.2, 0.25) is 5.02 Å². The number of ether oxygens (including phenoxy) is 4. The normalized spacial score (nSPS) is 13.5. The van der Waals surface area contributed by atoms with Gasteiger partial charge in [0.05, 0.1) is 43.5 Å². The van der Waals surface area contributed by atoms with E-state index in [1.54, 1.807) is 73.2 Å². The second-order valence-corrected chi connectivity index (χ2v) is 11.8. The molecule has 3 aromatic carbocycles. The Morgan fingerprint density at radius 3 is 2.40 bits per heavy atom. The van der Waals surface area contributed by atoms with E-state index in [-0.39, 0.29) is 25.5 Å². The molecule has 0 saturated carbocycles. The Kier molecular flexibility index (Phi) is 10.4. The van der Waals surface area contributed by atoms with Crippen LogP contribution in [0.25, 0.3) is 10.9 Å².